The van der Waals surface area contributed by atoms with E-state index < -0.39 is 5.54 Å². The summed E-state index contributed by atoms with van der Waals surface area (Å²) in [6.07, 6.45) is 0. The van der Waals surface area contributed by atoms with Crippen LogP contribution in [0.4, 0.5) is 10.5 Å². The Morgan fingerprint density at radius 3 is 2.00 bits per heavy atom. The fourth-order valence-corrected chi connectivity index (χ4v) is 2.67. The van der Waals surface area contributed by atoms with Crippen molar-refractivity contribution < 1.29 is 9.59 Å². The van der Waals surface area contributed by atoms with Crippen LogP contribution < -0.4 is 4.90 Å². The van der Waals surface area contributed by atoms with Gasteiger partial charge in [0.1, 0.15) is 5.54 Å². The van der Waals surface area contributed by atoms with Gasteiger partial charge in [0, 0.05) is 6.54 Å². The average molecular weight is 294 g/mol. The number of carbonyl (C=O) groups is 2. The summed E-state index contributed by atoms with van der Waals surface area (Å²) < 4.78 is 0. The molecule has 0 N–H and O–H groups in total. The van der Waals surface area contributed by atoms with E-state index in [1.54, 1.807) is 30.9 Å². The predicted molar refractivity (Wildman–Crippen MR) is 85.4 cm³/mol. The summed E-state index contributed by atoms with van der Waals surface area (Å²) in [5.41, 5.74) is 0.760. The number of benzene rings is 2. The van der Waals surface area contributed by atoms with Gasteiger partial charge in [-0.05, 0) is 31.5 Å². The van der Waals surface area contributed by atoms with Crippen LogP contribution in [0.25, 0.3) is 0 Å². The monoisotopic (exact) mass is 294 g/mol. The first-order valence-corrected chi connectivity index (χ1v) is 7.27. The Bertz CT molecular complexity index is 696. The molecule has 0 radical (unpaired) electrons. The maximum Gasteiger partial charge on any atom is 0.332 e. The molecule has 3 rings (SSSR count). The number of rotatable bonds is 3. The van der Waals surface area contributed by atoms with Gasteiger partial charge in [-0.25, -0.2) is 9.69 Å². The molecule has 3 amide bonds. The third kappa shape index (κ3) is 2.26. The second kappa shape index (κ2) is 5.30. The summed E-state index contributed by atoms with van der Waals surface area (Å²) >= 11 is 0. The molecular weight excluding hydrogens is 276 g/mol. The van der Waals surface area contributed by atoms with Crippen LogP contribution in [0.5, 0.6) is 0 Å². The molecule has 1 aliphatic rings. The third-order valence-electron chi connectivity index (χ3n) is 4.02. The zero-order valence-electron chi connectivity index (χ0n) is 12.7. The highest BCUT2D eigenvalue weighted by Crippen LogP contribution is 2.32. The molecule has 0 bridgehead atoms. The number of urea groups is 1. The van der Waals surface area contributed by atoms with E-state index in [0.717, 1.165) is 5.56 Å². The molecule has 4 nitrogen and oxygen atoms in total. The lowest BCUT2D eigenvalue weighted by Gasteiger charge is -2.27. The van der Waals surface area contributed by atoms with Crippen LogP contribution in [-0.2, 0) is 11.3 Å². The number of anilines is 1. The van der Waals surface area contributed by atoms with E-state index in [0.29, 0.717) is 12.2 Å². The quantitative estimate of drug-likeness (QED) is 0.814. The van der Waals surface area contributed by atoms with Crippen molar-refractivity contribution in [3.8, 4) is 0 Å². The van der Waals surface area contributed by atoms with Crippen LogP contribution in [0.1, 0.15) is 19.4 Å². The molecule has 0 aromatic heterocycles. The van der Waals surface area contributed by atoms with E-state index >= 15 is 0 Å². The second-order valence-electron chi connectivity index (χ2n) is 5.89. The molecule has 0 spiro atoms. The lowest BCUT2D eigenvalue weighted by Crippen LogP contribution is -2.43. The molecule has 0 saturated carbocycles. The number of imide groups is 1. The van der Waals surface area contributed by atoms with Gasteiger partial charge in [0.2, 0.25) is 0 Å². The summed E-state index contributed by atoms with van der Waals surface area (Å²) in [6, 6.07) is 18.5. The van der Waals surface area contributed by atoms with Crippen molar-refractivity contribution in [3.63, 3.8) is 0 Å². The molecule has 1 saturated heterocycles. The largest absolute Gasteiger partial charge is 0.332 e. The van der Waals surface area contributed by atoms with E-state index in [1.807, 2.05) is 48.5 Å². The molecule has 4 heteroatoms. The van der Waals surface area contributed by atoms with Crippen molar-refractivity contribution in [1.82, 2.24) is 4.90 Å². The molecule has 2 aromatic rings. The topological polar surface area (TPSA) is 40.6 Å². The highest BCUT2D eigenvalue weighted by atomic mass is 16.2. The van der Waals surface area contributed by atoms with Crippen molar-refractivity contribution in [2.45, 2.75) is 25.9 Å². The average Bonchev–Trinajstić information content (AvgIpc) is 2.69. The van der Waals surface area contributed by atoms with Gasteiger partial charge in [-0.15, -0.1) is 0 Å². The van der Waals surface area contributed by atoms with Crippen molar-refractivity contribution >= 4 is 17.6 Å². The third-order valence-corrected chi connectivity index (χ3v) is 4.02. The summed E-state index contributed by atoms with van der Waals surface area (Å²) in [5, 5.41) is 0. The summed E-state index contributed by atoms with van der Waals surface area (Å²) in [6.45, 7) is 4.00. The van der Waals surface area contributed by atoms with Crippen LogP contribution >= 0.6 is 0 Å². The number of nitrogens with zero attached hydrogens (tertiary/aromatic N) is 2. The van der Waals surface area contributed by atoms with Gasteiger partial charge in [-0.2, -0.15) is 0 Å². The number of hydrogen-bond donors (Lipinski definition) is 0. The molecule has 112 valence electrons. The lowest BCUT2D eigenvalue weighted by atomic mass is 10.0. The fourth-order valence-electron chi connectivity index (χ4n) is 2.67. The van der Waals surface area contributed by atoms with Gasteiger partial charge in [-0.1, -0.05) is 48.5 Å². The molecule has 2 aromatic carbocycles. The van der Waals surface area contributed by atoms with Gasteiger partial charge >= 0.3 is 6.03 Å². The highest BCUT2D eigenvalue weighted by molar-refractivity contribution is 6.22. The SMILES string of the molecule is CC1(C)C(=O)N(c2ccccc2)C(=O)N1Cc1ccccc1. The molecule has 0 aliphatic carbocycles. The number of para-hydroxylation sites is 1. The summed E-state index contributed by atoms with van der Waals surface area (Å²) in [7, 11) is 0. The highest BCUT2D eigenvalue weighted by Gasteiger charge is 2.51. The number of amides is 3. The Morgan fingerprint density at radius 1 is 0.864 bits per heavy atom. The second-order valence-corrected chi connectivity index (χ2v) is 5.89. The Hall–Kier alpha value is -2.62. The van der Waals surface area contributed by atoms with Crippen LogP contribution in [-0.4, -0.2) is 22.4 Å². The smallest absolute Gasteiger partial charge is 0.305 e. The Morgan fingerprint density at radius 2 is 1.41 bits per heavy atom. The Labute approximate surface area is 130 Å². The van der Waals surface area contributed by atoms with Gasteiger partial charge in [0.25, 0.3) is 5.91 Å². The molecular formula is C18H18N2O2. The van der Waals surface area contributed by atoms with Crippen molar-refractivity contribution in [2.75, 3.05) is 4.90 Å². The summed E-state index contributed by atoms with van der Waals surface area (Å²) in [5.74, 6) is -0.195. The molecule has 0 unspecified atom stereocenters. The van der Waals surface area contributed by atoms with E-state index in [2.05, 4.69) is 0 Å². The van der Waals surface area contributed by atoms with E-state index in [9.17, 15) is 9.59 Å². The van der Waals surface area contributed by atoms with Gasteiger partial charge in [-0.3, -0.25) is 4.79 Å². The zero-order chi connectivity index (χ0) is 15.7. The first-order chi connectivity index (χ1) is 10.5. The minimum atomic E-state index is -0.858. The van der Waals surface area contributed by atoms with E-state index in [-0.39, 0.29) is 11.9 Å². The Kier molecular flexibility index (Phi) is 3.45. The van der Waals surface area contributed by atoms with Crippen LogP contribution in [0.3, 0.4) is 0 Å². The van der Waals surface area contributed by atoms with Crippen LogP contribution in [0.15, 0.2) is 60.7 Å². The summed E-state index contributed by atoms with van der Waals surface area (Å²) in [4.78, 5) is 28.4. The van der Waals surface area contributed by atoms with E-state index in [4.69, 9.17) is 0 Å². The number of hydrogen-bond acceptors (Lipinski definition) is 2. The first kappa shape index (κ1) is 14.3. The van der Waals surface area contributed by atoms with Gasteiger partial charge in [0.15, 0.2) is 0 Å². The fraction of sp³-hybridized carbons (Fsp3) is 0.222. The predicted octanol–water partition coefficient (Wildman–Crippen LogP) is 3.43. The normalized spacial score (nSPS) is 17.2. The minimum Gasteiger partial charge on any atom is -0.305 e. The van der Waals surface area contributed by atoms with Crippen LogP contribution in [0.2, 0.25) is 0 Å². The molecule has 0 atom stereocenters. The molecule has 22 heavy (non-hydrogen) atoms. The first-order valence-electron chi connectivity index (χ1n) is 7.27. The van der Waals surface area contributed by atoms with Crippen LogP contribution in [0, 0.1) is 0 Å². The maximum atomic E-state index is 12.8. The van der Waals surface area contributed by atoms with Crippen molar-refractivity contribution in [2.24, 2.45) is 0 Å². The lowest BCUT2D eigenvalue weighted by molar-refractivity contribution is -0.123. The van der Waals surface area contributed by atoms with Gasteiger partial charge < -0.3 is 4.90 Å². The zero-order valence-corrected chi connectivity index (χ0v) is 12.7. The maximum absolute atomic E-state index is 12.8. The number of carbonyl (C=O) groups excluding carboxylic acids is 2. The molecule has 1 aliphatic heterocycles. The van der Waals surface area contributed by atoms with Gasteiger partial charge in [0.05, 0.1) is 5.69 Å². The standard InChI is InChI=1S/C18H18N2O2/c1-18(2)16(21)20(15-11-7-4-8-12-15)17(22)19(18)13-14-9-5-3-6-10-14/h3-12H,13H2,1-2H3. The Balaban J connectivity index is 1.95. The minimum absolute atomic E-state index is 0.195. The van der Waals surface area contributed by atoms with Crippen molar-refractivity contribution in [3.05, 3.63) is 66.2 Å². The molecule has 1 fully saturated rings. The molecule has 1 heterocycles. The van der Waals surface area contributed by atoms with E-state index in [1.165, 1.54) is 4.90 Å². The van der Waals surface area contributed by atoms with Crippen molar-refractivity contribution in [1.29, 1.82) is 0 Å².